The summed E-state index contributed by atoms with van der Waals surface area (Å²) < 4.78 is 34.1. The molecule has 112 valence electrons. The van der Waals surface area contributed by atoms with Gasteiger partial charge in [-0.2, -0.15) is 17.4 Å². The van der Waals surface area contributed by atoms with E-state index in [0.29, 0.717) is 32.2 Å². The van der Waals surface area contributed by atoms with Gasteiger partial charge in [0.05, 0.1) is 6.10 Å². The van der Waals surface area contributed by atoms with Crippen LogP contribution in [0.15, 0.2) is 0 Å². The molecule has 0 aromatic heterocycles. The molecule has 0 aromatic carbocycles. The molecule has 1 aliphatic carbocycles. The fourth-order valence-corrected chi connectivity index (χ4v) is 4.16. The zero-order valence-electron chi connectivity index (χ0n) is 11.5. The third-order valence-electron chi connectivity index (χ3n) is 4.06. The first-order valence-corrected chi connectivity index (χ1v) is 8.58. The molecule has 0 atom stereocenters. The Balaban J connectivity index is 1.77. The minimum absolute atomic E-state index is 0.0359. The molecule has 0 unspecified atom stereocenters. The number of nitrogens with zero attached hydrogens (tertiary/aromatic N) is 1. The van der Waals surface area contributed by atoms with Gasteiger partial charge in [-0.25, -0.2) is 0 Å². The van der Waals surface area contributed by atoms with Crippen molar-refractivity contribution in [2.24, 2.45) is 11.7 Å². The summed E-state index contributed by atoms with van der Waals surface area (Å²) in [5.41, 5.74) is 5.62. The number of ether oxygens (including phenoxy) is 1. The van der Waals surface area contributed by atoms with Gasteiger partial charge in [0.2, 0.25) is 0 Å². The quantitative estimate of drug-likeness (QED) is 0.725. The van der Waals surface area contributed by atoms with Crippen molar-refractivity contribution >= 4 is 10.2 Å². The molecule has 0 radical (unpaired) electrons. The van der Waals surface area contributed by atoms with Crippen LogP contribution in [-0.4, -0.2) is 51.1 Å². The van der Waals surface area contributed by atoms with Gasteiger partial charge in [0.25, 0.3) is 10.2 Å². The summed E-state index contributed by atoms with van der Waals surface area (Å²) in [6.07, 6.45) is 3.52. The minimum atomic E-state index is -3.33. The summed E-state index contributed by atoms with van der Waals surface area (Å²) in [5.74, 6) is 0.470. The van der Waals surface area contributed by atoms with Gasteiger partial charge in [0, 0.05) is 25.7 Å². The van der Waals surface area contributed by atoms with Gasteiger partial charge in [-0.1, -0.05) is 0 Å². The van der Waals surface area contributed by atoms with Gasteiger partial charge in [-0.15, -0.1) is 0 Å². The van der Waals surface area contributed by atoms with Crippen LogP contribution in [0.5, 0.6) is 0 Å². The molecular weight excluding hydrogens is 266 g/mol. The Hall–Kier alpha value is -0.210. The third-order valence-corrected chi connectivity index (χ3v) is 5.74. The second kappa shape index (κ2) is 6.49. The first-order chi connectivity index (χ1) is 9.05. The van der Waals surface area contributed by atoms with E-state index < -0.39 is 10.2 Å². The van der Waals surface area contributed by atoms with E-state index >= 15 is 0 Å². The lowest BCUT2D eigenvalue weighted by Gasteiger charge is -2.37. The Morgan fingerprint density at radius 3 is 2.47 bits per heavy atom. The van der Waals surface area contributed by atoms with Crippen molar-refractivity contribution in [3.05, 3.63) is 0 Å². The van der Waals surface area contributed by atoms with Crippen LogP contribution < -0.4 is 10.5 Å². The van der Waals surface area contributed by atoms with E-state index in [-0.39, 0.29) is 12.1 Å². The van der Waals surface area contributed by atoms with Gasteiger partial charge in [-0.3, -0.25) is 0 Å². The second-order valence-corrected chi connectivity index (χ2v) is 7.15. The van der Waals surface area contributed by atoms with Crippen LogP contribution in [0.4, 0.5) is 0 Å². The summed E-state index contributed by atoms with van der Waals surface area (Å²) in [7, 11) is -3.33. The summed E-state index contributed by atoms with van der Waals surface area (Å²) in [4.78, 5) is 0. The lowest BCUT2D eigenvalue weighted by molar-refractivity contribution is -0.00512. The molecule has 1 aliphatic heterocycles. The van der Waals surface area contributed by atoms with Crippen molar-refractivity contribution in [3.8, 4) is 0 Å². The molecule has 1 saturated heterocycles. The van der Waals surface area contributed by atoms with Crippen LogP contribution in [0, 0.1) is 5.92 Å². The summed E-state index contributed by atoms with van der Waals surface area (Å²) >= 11 is 0. The summed E-state index contributed by atoms with van der Waals surface area (Å²) in [6, 6.07) is 0.0359. The Bertz CT molecular complexity index is 374. The van der Waals surface area contributed by atoms with Gasteiger partial charge >= 0.3 is 0 Å². The lowest BCUT2D eigenvalue weighted by atomic mass is 9.90. The second-order valence-electron chi connectivity index (χ2n) is 5.45. The molecule has 0 aromatic rings. The van der Waals surface area contributed by atoms with Crippen LogP contribution in [0.3, 0.4) is 0 Å². The number of rotatable bonds is 6. The molecule has 0 amide bonds. The van der Waals surface area contributed by atoms with E-state index in [0.717, 1.165) is 25.7 Å². The van der Waals surface area contributed by atoms with E-state index in [9.17, 15) is 8.42 Å². The van der Waals surface area contributed by atoms with Gasteiger partial charge in [-0.05, 0) is 45.1 Å². The van der Waals surface area contributed by atoms with E-state index in [2.05, 4.69) is 4.72 Å². The molecule has 1 heterocycles. The molecule has 6 nitrogen and oxygen atoms in total. The maximum absolute atomic E-state index is 12.2. The third kappa shape index (κ3) is 3.88. The van der Waals surface area contributed by atoms with Crippen LogP contribution >= 0.6 is 0 Å². The topological polar surface area (TPSA) is 84.7 Å². The van der Waals surface area contributed by atoms with Crippen molar-refractivity contribution in [2.75, 3.05) is 26.2 Å². The highest BCUT2D eigenvalue weighted by Crippen LogP contribution is 2.25. The number of hydrogen-bond donors (Lipinski definition) is 2. The molecule has 2 aliphatic rings. The average Bonchev–Trinajstić information content (AvgIpc) is 2.36. The zero-order valence-corrected chi connectivity index (χ0v) is 12.4. The molecular formula is C12H25N3O3S. The summed E-state index contributed by atoms with van der Waals surface area (Å²) in [5, 5.41) is 0. The van der Waals surface area contributed by atoms with Crippen molar-refractivity contribution in [1.29, 1.82) is 0 Å². The van der Waals surface area contributed by atoms with Crippen LogP contribution in [-0.2, 0) is 14.9 Å². The maximum atomic E-state index is 12.2. The molecule has 2 fully saturated rings. The van der Waals surface area contributed by atoms with E-state index in [1.54, 1.807) is 4.31 Å². The van der Waals surface area contributed by atoms with Crippen molar-refractivity contribution in [2.45, 2.75) is 44.8 Å². The van der Waals surface area contributed by atoms with E-state index in [1.165, 1.54) is 0 Å². The Kier molecular flexibility index (Phi) is 5.19. The number of hydrogen-bond acceptors (Lipinski definition) is 4. The predicted molar refractivity (Wildman–Crippen MR) is 73.8 cm³/mol. The smallest absolute Gasteiger partial charge is 0.279 e. The molecule has 0 spiro atoms. The molecule has 1 saturated carbocycles. The van der Waals surface area contributed by atoms with Gasteiger partial charge in [0.1, 0.15) is 0 Å². The molecule has 0 bridgehead atoms. The average molecular weight is 291 g/mol. The van der Waals surface area contributed by atoms with Gasteiger partial charge in [0.15, 0.2) is 0 Å². The molecule has 3 N–H and O–H groups in total. The summed E-state index contributed by atoms with van der Waals surface area (Å²) in [6.45, 7) is 4.47. The van der Waals surface area contributed by atoms with Gasteiger partial charge < -0.3 is 10.5 Å². The highest BCUT2D eigenvalue weighted by atomic mass is 32.2. The lowest BCUT2D eigenvalue weighted by Crippen LogP contribution is -2.53. The Labute approximate surface area is 115 Å². The van der Waals surface area contributed by atoms with Crippen LogP contribution in [0.2, 0.25) is 0 Å². The molecule has 2 rings (SSSR count). The van der Waals surface area contributed by atoms with Crippen molar-refractivity contribution < 1.29 is 13.2 Å². The van der Waals surface area contributed by atoms with Crippen LogP contribution in [0.1, 0.15) is 32.6 Å². The first-order valence-electron chi connectivity index (χ1n) is 7.14. The fourth-order valence-electron chi connectivity index (χ4n) is 2.70. The SMILES string of the molecule is CCOC1CC(NS(=O)(=O)N2CCC(CN)CC2)C1. The van der Waals surface area contributed by atoms with E-state index in [1.807, 2.05) is 6.92 Å². The Morgan fingerprint density at radius 2 is 1.95 bits per heavy atom. The maximum Gasteiger partial charge on any atom is 0.279 e. The van der Waals surface area contributed by atoms with Crippen molar-refractivity contribution in [3.63, 3.8) is 0 Å². The Morgan fingerprint density at radius 1 is 1.32 bits per heavy atom. The highest BCUT2D eigenvalue weighted by molar-refractivity contribution is 7.87. The minimum Gasteiger partial charge on any atom is -0.378 e. The van der Waals surface area contributed by atoms with Crippen molar-refractivity contribution in [1.82, 2.24) is 9.03 Å². The number of nitrogens with one attached hydrogen (secondary N) is 1. The van der Waals surface area contributed by atoms with E-state index in [4.69, 9.17) is 10.5 Å². The van der Waals surface area contributed by atoms with Crippen LogP contribution in [0.25, 0.3) is 0 Å². The number of piperidine rings is 1. The highest BCUT2D eigenvalue weighted by Gasteiger charge is 2.35. The first kappa shape index (κ1) is 15.2. The largest absolute Gasteiger partial charge is 0.378 e. The fraction of sp³-hybridized carbons (Fsp3) is 1.00. The monoisotopic (exact) mass is 291 g/mol. The molecule has 7 heteroatoms. The number of nitrogens with two attached hydrogens (primary N) is 1. The standard InChI is InChI=1S/C12H25N3O3S/c1-2-18-12-7-11(8-12)14-19(16,17)15-5-3-10(9-13)4-6-15/h10-12,14H,2-9,13H2,1H3. The molecule has 19 heavy (non-hydrogen) atoms. The normalized spacial score (nSPS) is 30.2. The zero-order chi connectivity index (χ0) is 13.9. The predicted octanol–water partition coefficient (Wildman–Crippen LogP) is 0.0590.